The molecule has 0 fully saturated rings. The third-order valence-corrected chi connectivity index (χ3v) is 3.66. The lowest BCUT2D eigenvalue weighted by atomic mass is 9.93. The zero-order valence-electron chi connectivity index (χ0n) is 8.86. The maximum Gasteiger partial charge on any atom is 0.127 e. The van der Waals surface area contributed by atoms with Gasteiger partial charge < -0.3 is 4.74 Å². The van der Waals surface area contributed by atoms with E-state index in [-0.39, 0.29) is 5.60 Å². The highest BCUT2D eigenvalue weighted by molar-refractivity contribution is 9.10. The van der Waals surface area contributed by atoms with Gasteiger partial charge in [-0.15, -0.1) is 0 Å². The Morgan fingerprint density at radius 1 is 1.36 bits per heavy atom. The summed E-state index contributed by atoms with van der Waals surface area (Å²) in [4.78, 5) is 0. The predicted molar refractivity (Wildman–Crippen MR) is 61.9 cm³/mol. The molecule has 1 aliphatic heterocycles. The van der Waals surface area contributed by atoms with E-state index >= 15 is 0 Å². The number of hydrogen-bond acceptors (Lipinski definition) is 1. The van der Waals surface area contributed by atoms with Crippen LogP contribution in [-0.2, 0) is 6.42 Å². The first-order chi connectivity index (χ1) is 6.49. The topological polar surface area (TPSA) is 9.23 Å². The molecule has 14 heavy (non-hydrogen) atoms. The SMILES string of the molecule is Cc1c(Br)ccc2c1OC(C)(C)CC2. The van der Waals surface area contributed by atoms with E-state index in [2.05, 4.69) is 48.8 Å². The Labute approximate surface area is 93.6 Å². The molecule has 0 aliphatic carbocycles. The van der Waals surface area contributed by atoms with Crippen molar-refractivity contribution in [1.29, 1.82) is 0 Å². The van der Waals surface area contributed by atoms with Crippen LogP contribution in [0.3, 0.4) is 0 Å². The van der Waals surface area contributed by atoms with Crippen molar-refractivity contribution >= 4 is 15.9 Å². The maximum atomic E-state index is 6.00. The molecule has 2 heteroatoms. The molecular weight excluding hydrogens is 240 g/mol. The molecule has 0 saturated carbocycles. The van der Waals surface area contributed by atoms with Crippen molar-refractivity contribution in [3.63, 3.8) is 0 Å². The van der Waals surface area contributed by atoms with Gasteiger partial charge in [0.2, 0.25) is 0 Å². The van der Waals surface area contributed by atoms with Gasteiger partial charge in [0.05, 0.1) is 0 Å². The number of hydrogen-bond donors (Lipinski definition) is 0. The van der Waals surface area contributed by atoms with Crippen LogP contribution in [0.4, 0.5) is 0 Å². The zero-order chi connectivity index (χ0) is 10.3. The van der Waals surface area contributed by atoms with E-state index in [0.717, 1.165) is 23.1 Å². The lowest BCUT2D eigenvalue weighted by Crippen LogP contribution is -2.32. The number of benzene rings is 1. The van der Waals surface area contributed by atoms with E-state index in [1.54, 1.807) is 0 Å². The molecule has 0 amide bonds. The van der Waals surface area contributed by atoms with E-state index in [1.807, 2.05) is 0 Å². The molecule has 76 valence electrons. The summed E-state index contributed by atoms with van der Waals surface area (Å²) >= 11 is 3.53. The van der Waals surface area contributed by atoms with Gasteiger partial charge in [0.1, 0.15) is 11.4 Å². The number of fused-ring (bicyclic) bond motifs is 1. The van der Waals surface area contributed by atoms with Crippen molar-refractivity contribution in [2.45, 2.75) is 39.2 Å². The Morgan fingerprint density at radius 2 is 2.07 bits per heavy atom. The first-order valence-electron chi connectivity index (χ1n) is 4.97. The molecule has 1 heterocycles. The van der Waals surface area contributed by atoms with Gasteiger partial charge in [0, 0.05) is 10.0 Å². The molecule has 0 saturated heterocycles. The quantitative estimate of drug-likeness (QED) is 0.684. The summed E-state index contributed by atoms with van der Waals surface area (Å²) in [5.41, 5.74) is 2.54. The fraction of sp³-hybridized carbons (Fsp3) is 0.500. The van der Waals surface area contributed by atoms with Crippen LogP contribution in [0.1, 0.15) is 31.4 Å². The monoisotopic (exact) mass is 254 g/mol. The molecule has 1 aromatic rings. The molecule has 0 aromatic heterocycles. The Morgan fingerprint density at radius 3 is 2.79 bits per heavy atom. The van der Waals surface area contributed by atoms with Crippen molar-refractivity contribution in [2.75, 3.05) is 0 Å². The molecule has 2 rings (SSSR count). The van der Waals surface area contributed by atoms with Gasteiger partial charge in [-0.1, -0.05) is 22.0 Å². The minimum Gasteiger partial charge on any atom is -0.487 e. The first kappa shape index (κ1) is 10.0. The largest absolute Gasteiger partial charge is 0.487 e. The number of ether oxygens (including phenoxy) is 1. The number of rotatable bonds is 0. The van der Waals surface area contributed by atoms with Crippen LogP contribution in [0.5, 0.6) is 5.75 Å². The van der Waals surface area contributed by atoms with Gasteiger partial charge in [-0.05, 0) is 45.2 Å². The summed E-state index contributed by atoms with van der Waals surface area (Å²) in [5, 5.41) is 0. The van der Waals surface area contributed by atoms with E-state index in [9.17, 15) is 0 Å². The number of aryl methyl sites for hydroxylation is 1. The highest BCUT2D eigenvalue weighted by atomic mass is 79.9. The van der Waals surface area contributed by atoms with Gasteiger partial charge in [-0.3, -0.25) is 0 Å². The normalized spacial score (nSPS) is 18.6. The summed E-state index contributed by atoms with van der Waals surface area (Å²) < 4.78 is 7.13. The molecule has 0 N–H and O–H groups in total. The lowest BCUT2D eigenvalue weighted by Gasteiger charge is -2.33. The highest BCUT2D eigenvalue weighted by Crippen LogP contribution is 2.38. The van der Waals surface area contributed by atoms with Crippen LogP contribution in [0.25, 0.3) is 0 Å². The van der Waals surface area contributed by atoms with E-state index in [4.69, 9.17) is 4.74 Å². The Hall–Kier alpha value is -0.500. The van der Waals surface area contributed by atoms with Crippen molar-refractivity contribution in [3.05, 3.63) is 27.7 Å². The summed E-state index contributed by atoms with van der Waals surface area (Å²) in [5.74, 6) is 1.08. The van der Waals surface area contributed by atoms with E-state index in [1.165, 1.54) is 11.1 Å². The standard InChI is InChI=1S/C12H15BrO/c1-8-10(13)5-4-9-6-7-12(2,3)14-11(8)9/h4-5H,6-7H2,1-3H3. The van der Waals surface area contributed by atoms with Gasteiger partial charge >= 0.3 is 0 Å². The predicted octanol–water partition coefficient (Wildman–Crippen LogP) is 3.86. The average Bonchev–Trinajstić information content (AvgIpc) is 2.11. The molecular formula is C12H15BrO. The van der Waals surface area contributed by atoms with Crippen molar-refractivity contribution < 1.29 is 4.74 Å². The first-order valence-corrected chi connectivity index (χ1v) is 5.76. The van der Waals surface area contributed by atoms with Crippen LogP contribution in [0, 0.1) is 6.92 Å². The molecule has 0 radical (unpaired) electrons. The van der Waals surface area contributed by atoms with E-state index in [0.29, 0.717) is 0 Å². The lowest BCUT2D eigenvalue weighted by molar-refractivity contribution is 0.0836. The molecule has 1 nitrogen and oxygen atoms in total. The Bertz CT molecular complexity index is 369. The van der Waals surface area contributed by atoms with Gasteiger partial charge in [0.25, 0.3) is 0 Å². The minimum absolute atomic E-state index is 0.0153. The van der Waals surface area contributed by atoms with Crippen LogP contribution < -0.4 is 4.74 Å². The summed E-state index contributed by atoms with van der Waals surface area (Å²) in [6.45, 7) is 6.40. The zero-order valence-corrected chi connectivity index (χ0v) is 10.4. The third kappa shape index (κ3) is 1.68. The molecule has 1 aromatic carbocycles. The molecule has 0 bridgehead atoms. The smallest absolute Gasteiger partial charge is 0.127 e. The van der Waals surface area contributed by atoms with E-state index < -0.39 is 0 Å². The van der Waals surface area contributed by atoms with Gasteiger partial charge in [0.15, 0.2) is 0 Å². The maximum absolute atomic E-state index is 6.00. The van der Waals surface area contributed by atoms with Crippen LogP contribution in [-0.4, -0.2) is 5.60 Å². The number of halogens is 1. The second-order valence-corrected chi connectivity index (χ2v) is 5.38. The van der Waals surface area contributed by atoms with Gasteiger partial charge in [-0.2, -0.15) is 0 Å². The van der Waals surface area contributed by atoms with Crippen LogP contribution in [0.2, 0.25) is 0 Å². The highest BCUT2D eigenvalue weighted by Gasteiger charge is 2.27. The van der Waals surface area contributed by atoms with Crippen molar-refractivity contribution in [3.8, 4) is 5.75 Å². The van der Waals surface area contributed by atoms with Crippen molar-refractivity contribution in [1.82, 2.24) is 0 Å². The average molecular weight is 255 g/mol. The van der Waals surface area contributed by atoms with Gasteiger partial charge in [-0.25, -0.2) is 0 Å². The van der Waals surface area contributed by atoms with Crippen LogP contribution >= 0.6 is 15.9 Å². The fourth-order valence-electron chi connectivity index (χ4n) is 1.83. The fourth-order valence-corrected chi connectivity index (χ4v) is 2.14. The molecule has 0 unspecified atom stereocenters. The third-order valence-electron chi connectivity index (χ3n) is 2.80. The second-order valence-electron chi connectivity index (χ2n) is 4.52. The summed E-state index contributed by atoms with van der Waals surface area (Å²) in [6, 6.07) is 4.26. The minimum atomic E-state index is -0.0153. The van der Waals surface area contributed by atoms with Crippen molar-refractivity contribution in [2.24, 2.45) is 0 Å². The summed E-state index contributed by atoms with van der Waals surface area (Å²) in [6.07, 6.45) is 2.22. The molecule has 0 atom stereocenters. The molecule has 0 spiro atoms. The van der Waals surface area contributed by atoms with Crippen LogP contribution in [0.15, 0.2) is 16.6 Å². The summed E-state index contributed by atoms with van der Waals surface area (Å²) in [7, 11) is 0. The molecule has 1 aliphatic rings. The second kappa shape index (κ2) is 3.27. The Kier molecular flexibility index (Phi) is 2.34. The Balaban J connectivity index is 2.49.